The van der Waals surface area contributed by atoms with Gasteiger partial charge >= 0.3 is 0 Å². The zero-order chi connectivity index (χ0) is 20.8. The van der Waals surface area contributed by atoms with Gasteiger partial charge in [0.15, 0.2) is 5.75 Å². The van der Waals surface area contributed by atoms with Crippen LogP contribution >= 0.6 is 0 Å². The number of amides is 2. The summed E-state index contributed by atoms with van der Waals surface area (Å²) in [6, 6.07) is 11.0. The third-order valence-corrected chi connectivity index (χ3v) is 5.65. The fraction of sp³-hybridized carbons (Fsp3) is 0.375. The van der Waals surface area contributed by atoms with E-state index in [-0.39, 0.29) is 17.7 Å². The van der Waals surface area contributed by atoms with Crippen LogP contribution in [0.3, 0.4) is 0 Å². The Morgan fingerprint density at radius 3 is 2.80 bits per heavy atom. The predicted molar refractivity (Wildman–Crippen MR) is 115 cm³/mol. The quantitative estimate of drug-likeness (QED) is 0.792. The SMILES string of the molecule is O=C(Nc1ccccc1Oc1cccnc1)[C@H]1CCCN(C(=O)C2=CCCCC2)C1. The van der Waals surface area contributed by atoms with Crippen molar-refractivity contribution < 1.29 is 14.3 Å². The number of carbonyl (C=O) groups excluding carboxylic acids is 2. The van der Waals surface area contributed by atoms with Crippen LogP contribution in [0.4, 0.5) is 5.69 Å². The molecule has 1 aromatic carbocycles. The fourth-order valence-corrected chi connectivity index (χ4v) is 4.04. The van der Waals surface area contributed by atoms with Gasteiger partial charge in [-0.1, -0.05) is 18.2 Å². The number of benzene rings is 1. The summed E-state index contributed by atoms with van der Waals surface area (Å²) in [6.07, 6.45) is 11.1. The molecule has 6 nitrogen and oxygen atoms in total. The van der Waals surface area contributed by atoms with Crippen molar-refractivity contribution in [3.63, 3.8) is 0 Å². The average molecular weight is 405 g/mol. The van der Waals surface area contributed by atoms with Crippen LogP contribution in [0.15, 0.2) is 60.4 Å². The minimum atomic E-state index is -0.224. The molecule has 1 N–H and O–H groups in total. The number of anilines is 1. The van der Waals surface area contributed by atoms with Crippen LogP contribution in [0.1, 0.15) is 38.5 Å². The normalized spacial score (nSPS) is 19.0. The van der Waals surface area contributed by atoms with Gasteiger partial charge in [0.2, 0.25) is 11.8 Å². The molecule has 6 heteroatoms. The number of nitrogens with zero attached hydrogens (tertiary/aromatic N) is 2. The number of para-hydroxylation sites is 2. The lowest BCUT2D eigenvalue weighted by Crippen LogP contribution is -2.44. The summed E-state index contributed by atoms with van der Waals surface area (Å²) in [4.78, 5) is 31.7. The van der Waals surface area contributed by atoms with E-state index in [1.165, 1.54) is 0 Å². The maximum atomic E-state index is 13.0. The molecule has 0 spiro atoms. The smallest absolute Gasteiger partial charge is 0.249 e. The minimum Gasteiger partial charge on any atom is -0.454 e. The van der Waals surface area contributed by atoms with Gasteiger partial charge in [0.25, 0.3) is 0 Å². The van der Waals surface area contributed by atoms with Crippen molar-refractivity contribution in [3.05, 3.63) is 60.4 Å². The minimum absolute atomic E-state index is 0.0765. The lowest BCUT2D eigenvalue weighted by atomic mass is 9.94. The zero-order valence-electron chi connectivity index (χ0n) is 17.0. The van der Waals surface area contributed by atoms with Crippen molar-refractivity contribution in [2.75, 3.05) is 18.4 Å². The van der Waals surface area contributed by atoms with E-state index in [2.05, 4.69) is 16.4 Å². The van der Waals surface area contributed by atoms with E-state index in [1.807, 2.05) is 35.2 Å². The summed E-state index contributed by atoms with van der Waals surface area (Å²) in [6.45, 7) is 1.19. The highest BCUT2D eigenvalue weighted by atomic mass is 16.5. The van der Waals surface area contributed by atoms with E-state index >= 15 is 0 Å². The second-order valence-corrected chi connectivity index (χ2v) is 7.84. The fourth-order valence-electron chi connectivity index (χ4n) is 4.04. The molecule has 2 aliphatic rings. The Labute approximate surface area is 176 Å². The molecule has 1 aromatic heterocycles. The van der Waals surface area contributed by atoms with Gasteiger partial charge in [-0.05, 0) is 62.8 Å². The molecule has 0 bridgehead atoms. The van der Waals surface area contributed by atoms with Crippen LogP contribution in [0.25, 0.3) is 0 Å². The number of likely N-dealkylation sites (tertiary alicyclic amines) is 1. The van der Waals surface area contributed by atoms with Gasteiger partial charge in [0, 0.05) is 24.9 Å². The third-order valence-electron chi connectivity index (χ3n) is 5.65. The van der Waals surface area contributed by atoms with E-state index in [1.54, 1.807) is 18.5 Å². The predicted octanol–water partition coefficient (Wildman–Crippen LogP) is 4.55. The number of carbonyl (C=O) groups is 2. The van der Waals surface area contributed by atoms with Gasteiger partial charge < -0.3 is 15.0 Å². The van der Waals surface area contributed by atoms with Crippen LogP contribution in [-0.2, 0) is 9.59 Å². The van der Waals surface area contributed by atoms with Crippen molar-refractivity contribution in [2.24, 2.45) is 5.92 Å². The Bertz CT molecular complexity index is 926. The third kappa shape index (κ3) is 4.87. The first-order valence-electron chi connectivity index (χ1n) is 10.7. The van der Waals surface area contributed by atoms with Crippen molar-refractivity contribution in [1.29, 1.82) is 0 Å². The number of rotatable bonds is 5. The molecule has 0 saturated carbocycles. The van der Waals surface area contributed by atoms with Gasteiger partial charge in [-0.15, -0.1) is 0 Å². The van der Waals surface area contributed by atoms with Gasteiger partial charge in [-0.2, -0.15) is 0 Å². The Balaban J connectivity index is 1.41. The molecule has 1 atom stereocenters. The largest absolute Gasteiger partial charge is 0.454 e. The van der Waals surface area contributed by atoms with E-state index in [0.717, 1.165) is 50.6 Å². The number of allylic oxidation sites excluding steroid dienone is 1. The summed E-state index contributed by atoms with van der Waals surface area (Å²) >= 11 is 0. The van der Waals surface area contributed by atoms with Crippen molar-refractivity contribution >= 4 is 17.5 Å². The summed E-state index contributed by atoms with van der Waals surface area (Å²) in [7, 11) is 0. The Kier molecular flexibility index (Phi) is 6.42. The first kappa shape index (κ1) is 20.1. The number of nitrogens with one attached hydrogen (secondary N) is 1. The van der Waals surface area contributed by atoms with Gasteiger partial charge in [-0.25, -0.2) is 0 Å². The summed E-state index contributed by atoms with van der Waals surface area (Å²) in [5.41, 5.74) is 1.53. The summed E-state index contributed by atoms with van der Waals surface area (Å²) in [5.74, 6) is 0.975. The molecule has 1 saturated heterocycles. The standard InChI is InChI=1S/C24H27N3O3/c28-23(19-10-7-15-27(17-19)24(29)18-8-2-1-3-9-18)26-21-12-4-5-13-22(21)30-20-11-6-14-25-16-20/h4-6,8,11-14,16,19H,1-3,7,9-10,15,17H2,(H,26,28)/t19-/m0/s1. The van der Waals surface area contributed by atoms with Crippen LogP contribution in [0.5, 0.6) is 11.5 Å². The molecule has 2 heterocycles. The van der Waals surface area contributed by atoms with Crippen molar-refractivity contribution in [2.45, 2.75) is 38.5 Å². The van der Waals surface area contributed by atoms with E-state index in [0.29, 0.717) is 23.7 Å². The van der Waals surface area contributed by atoms with E-state index in [9.17, 15) is 9.59 Å². The first-order valence-corrected chi connectivity index (χ1v) is 10.7. The zero-order valence-corrected chi connectivity index (χ0v) is 17.0. The second kappa shape index (κ2) is 9.57. The van der Waals surface area contributed by atoms with Crippen LogP contribution in [-0.4, -0.2) is 34.8 Å². The molecule has 0 radical (unpaired) electrons. The topological polar surface area (TPSA) is 71.5 Å². The Hall–Kier alpha value is -3.15. The molecule has 1 aliphatic carbocycles. The Morgan fingerprint density at radius 2 is 2.00 bits per heavy atom. The molecule has 156 valence electrons. The number of piperidine rings is 1. The van der Waals surface area contributed by atoms with Gasteiger partial charge in [-0.3, -0.25) is 14.6 Å². The van der Waals surface area contributed by atoms with Crippen LogP contribution in [0.2, 0.25) is 0 Å². The number of hydrogen-bond donors (Lipinski definition) is 1. The van der Waals surface area contributed by atoms with E-state index < -0.39 is 0 Å². The van der Waals surface area contributed by atoms with E-state index in [4.69, 9.17) is 4.74 Å². The molecular formula is C24H27N3O3. The highest BCUT2D eigenvalue weighted by Crippen LogP contribution is 2.30. The number of aromatic nitrogens is 1. The van der Waals surface area contributed by atoms with Crippen molar-refractivity contribution in [3.8, 4) is 11.5 Å². The molecule has 2 amide bonds. The number of ether oxygens (including phenoxy) is 1. The van der Waals surface area contributed by atoms with Crippen LogP contribution in [0, 0.1) is 5.92 Å². The van der Waals surface area contributed by atoms with Crippen LogP contribution < -0.4 is 10.1 Å². The highest BCUT2D eigenvalue weighted by molar-refractivity contribution is 5.96. The lowest BCUT2D eigenvalue weighted by molar-refractivity contribution is -0.131. The highest BCUT2D eigenvalue weighted by Gasteiger charge is 2.30. The monoisotopic (exact) mass is 405 g/mol. The molecular weight excluding hydrogens is 378 g/mol. The van der Waals surface area contributed by atoms with Crippen molar-refractivity contribution in [1.82, 2.24) is 9.88 Å². The maximum absolute atomic E-state index is 13.0. The Morgan fingerprint density at radius 1 is 1.10 bits per heavy atom. The molecule has 4 rings (SSSR count). The molecule has 30 heavy (non-hydrogen) atoms. The number of hydrogen-bond acceptors (Lipinski definition) is 4. The molecule has 1 fully saturated rings. The maximum Gasteiger partial charge on any atom is 0.249 e. The van der Waals surface area contributed by atoms with Gasteiger partial charge in [0.05, 0.1) is 17.8 Å². The first-order chi connectivity index (χ1) is 14.7. The summed E-state index contributed by atoms with van der Waals surface area (Å²) in [5, 5.41) is 3.00. The molecule has 1 aliphatic heterocycles. The molecule has 2 aromatic rings. The summed E-state index contributed by atoms with van der Waals surface area (Å²) < 4.78 is 5.89. The second-order valence-electron chi connectivity index (χ2n) is 7.84. The van der Waals surface area contributed by atoms with Gasteiger partial charge in [0.1, 0.15) is 5.75 Å². The molecule has 0 unspecified atom stereocenters. The average Bonchev–Trinajstić information content (AvgIpc) is 2.81. The lowest BCUT2D eigenvalue weighted by Gasteiger charge is -2.33. The number of pyridine rings is 1.